The summed E-state index contributed by atoms with van der Waals surface area (Å²) in [5.41, 5.74) is -0.502. The SMILES string of the molecule is CC(C)CC(C)(O)CCc1cccs1. The highest BCUT2D eigenvalue weighted by atomic mass is 32.1. The molecule has 0 spiro atoms. The molecule has 0 amide bonds. The van der Waals surface area contributed by atoms with Crippen molar-refractivity contribution < 1.29 is 5.11 Å². The van der Waals surface area contributed by atoms with Crippen LogP contribution in [0.5, 0.6) is 0 Å². The lowest BCUT2D eigenvalue weighted by Crippen LogP contribution is -2.26. The largest absolute Gasteiger partial charge is 0.390 e. The summed E-state index contributed by atoms with van der Waals surface area (Å²) in [5, 5.41) is 12.2. The van der Waals surface area contributed by atoms with Crippen LogP contribution in [0.1, 0.15) is 38.5 Å². The predicted octanol–water partition coefficient (Wildman–Crippen LogP) is 3.48. The van der Waals surface area contributed by atoms with Gasteiger partial charge in [0.15, 0.2) is 0 Å². The molecule has 0 aromatic carbocycles. The molecule has 0 aliphatic carbocycles. The third kappa shape index (κ3) is 4.25. The first kappa shape index (κ1) is 11.7. The van der Waals surface area contributed by atoms with E-state index in [1.807, 2.05) is 6.92 Å². The van der Waals surface area contributed by atoms with Crippen LogP contribution in [0.25, 0.3) is 0 Å². The predicted molar refractivity (Wildman–Crippen MR) is 62.7 cm³/mol. The second-order valence-electron chi connectivity index (χ2n) is 4.67. The minimum atomic E-state index is -0.502. The van der Waals surface area contributed by atoms with E-state index in [2.05, 4.69) is 31.4 Å². The summed E-state index contributed by atoms with van der Waals surface area (Å²) < 4.78 is 0. The molecule has 2 heteroatoms. The lowest BCUT2D eigenvalue weighted by molar-refractivity contribution is 0.0304. The highest BCUT2D eigenvalue weighted by Crippen LogP contribution is 2.23. The third-order valence-electron chi connectivity index (χ3n) is 2.34. The molecule has 0 saturated carbocycles. The smallest absolute Gasteiger partial charge is 0.0625 e. The van der Waals surface area contributed by atoms with Crippen LogP contribution < -0.4 is 0 Å². The van der Waals surface area contributed by atoms with Gasteiger partial charge in [-0.1, -0.05) is 19.9 Å². The molecule has 1 atom stereocenters. The van der Waals surface area contributed by atoms with Crippen molar-refractivity contribution in [2.45, 2.75) is 45.6 Å². The Kier molecular flexibility index (Phi) is 4.14. The van der Waals surface area contributed by atoms with Crippen LogP contribution in [0.15, 0.2) is 17.5 Å². The lowest BCUT2D eigenvalue weighted by Gasteiger charge is -2.24. The average molecular weight is 212 g/mol. The van der Waals surface area contributed by atoms with Gasteiger partial charge >= 0.3 is 0 Å². The molecule has 0 aliphatic heterocycles. The quantitative estimate of drug-likeness (QED) is 0.792. The van der Waals surface area contributed by atoms with Gasteiger partial charge in [0, 0.05) is 4.88 Å². The van der Waals surface area contributed by atoms with Crippen LogP contribution in [0, 0.1) is 5.92 Å². The molecule has 1 rings (SSSR count). The number of aliphatic hydroxyl groups is 1. The Balaban J connectivity index is 2.36. The molecular weight excluding hydrogens is 192 g/mol. The van der Waals surface area contributed by atoms with E-state index in [9.17, 15) is 5.11 Å². The molecule has 14 heavy (non-hydrogen) atoms. The zero-order valence-corrected chi connectivity index (χ0v) is 10.1. The molecule has 1 heterocycles. The minimum absolute atomic E-state index is 0.502. The topological polar surface area (TPSA) is 20.2 Å². The van der Waals surface area contributed by atoms with Crippen LogP contribution in [-0.4, -0.2) is 10.7 Å². The maximum Gasteiger partial charge on any atom is 0.0625 e. The normalized spacial score (nSPS) is 15.8. The number of aryl methyl sites for hydroxylation is 1. The summed E-state index contributed by atoms with van der Waals surface area (Å²) in [6.07, 6.45) is 2.75. The molecule has 0 bridgehead atoms. The summed E-state index contributed by atoms with van der Waals surface area (Å²) in [4.78, 5) is 1.37. The van der Waals surface area contributed by atoms with Gasteiger partial charge < -0.3 is 5.11 Å². The van der Waals surface area contributed by atoms with Gasteiger partial charge in [0.25, 0.3) is 0 Å². The first-order valence-electron chi connectivity index (χ1n) is 5.24. The maximum absolute atomic E-state index is 10.1. The van der Waals surface area contributed by atoms with Gasteiger partial charge in [-0.15, -0.1) is 11.3 Å². The van der Waals surface area contributed by atoms with E-state index < -0.39 is 5.60 Å². The van der Waals surface area contributed by atoms with E-state index in [1.54, 1.807) is 11.3 Å². The Bertz CT molecular complexity index is 249. The summed E-state index contributed by atoms with van der Waals surface area (Å²) in [5.74, 6) is 0.563. The zero-order valence-electron chi connectivity index (χ0n) is 9.29. The van der Waals surface area contributed by atoms with E-state index in [4.69, 9.17) is 0 Å². The molecule has 0 fully saturated rings. The van der Waals surface area contributed by atoms with Crippen LogP contribution in [-0.2, 0) is 6.42 Å². The van der Waals surface area contributed by atoms with Crippen molar-refractivity contribution >= 4 is 11.3 Å². The summed E-state index contributed by atoms with van der Waals surface area (Å²) in [6.45, 7) is 6.25. The monoisotopic (exact) mass is 212 g/mol. The van der Waals surface area contributed by atoms with Crippen molar-refractivity contribution in [1.82, 2.24) is 0 Å². The van der Waals surface area contributed by atoms with E-state index in [1.165, 1.54) is 4.88 Å². The minimum Gasteiger partial charge on any atom is -0.390 e. The van der Waals surface area contributed by atoms with Crippen LogP contribution >= 0.6 is 11.3 Å². The molecule has 0 aliphatic rings. The number of rotatable bonds is 5. The fourth-order valence-electron chi connectivity index (χ4n) is 1.83. The first-order chi connectivity index (χ1) is 6.49. The Labute approximate surface area is 90.8 Å². The Hall–Kier alpha value is -0.340. The third-order valence-corrected chi connectivity index (χ3v) is 3.27. The second-order valence-corrected chi connectivity index (χ2v) is 5.71. The average Bonchev–Trinajstić information content (AvgIpc) is 2.50. The van der Waals surface area contributed by atoms with Crippen molar-refractivity contribution in [2.75, 3.05) is 0 Å². The first-order valence-corrected chi connectivity index (χ1v) is 6.12. The Morgan fingerprint density at radius 2 is 2.21 bits per heavy atom. The second kappa shape index (κ2) is 4.94. The fourth-order valence-corrected chi connectivity index (χ4v) is 2.54. The van der Waals surface area contributed by atoms with Gasteiger partial charge in [-0.3, -0.25) is 0 Å². The molecule has 1 nitrogen and oxygen atoms in total. The maximum atomic E-state index is 10.1. The van der Waals surface area contributed by atoms with E-state index in [0.29, 0.717) is 5.92 Å². The summed E-state index contributed by atoms with van der Waals surface area (Å²) >= 11 is 1.77. The molecule has 1 aromatic rings. The van der Waals surface area contributed by atoms with Crippen LogP contribution in [0.2, 0.25) is 0 Å². The molecule has 1 N–H and O–H groups in total. The van der Waals surface area contributed by atoms with Crippen molar-refractivity contribution in [2.24, 2.45) is 5.92 Å². The molecule has 0 saturated heterocycles. The van der Waals surface area contributed by atoms with Crippen LogP contribution in [0.3, 0.4) is 0 Å². The Morgan fingerprint density at radius 1 is 1.50 bits per heavy atom. The summed E-state index contributed by atoms with van der Waals surface area (Å²) in [7, 11) is 0. The molecule has 1 unspecified atom stereocenters. The van der Waals surface area contributed by atoms with E-state index >= 15 is 0 Å². The van der Waals surface area contributed by atoms with Gasteiger partial charge in [-0.25, -0.2) is 0 Å². The van der Waals surface area contributed by atoms with Crippen molar-refractivity contribution in [3.05, 3.63) is 22.4 Å². The molecule has 0 radical (unpaired) electrons. The van der Waals surface area contributed by atoms with E-state index in [0.717, 1.165) is 19.3 Å². The van der Waals surface area contributed by atoms with Crippen molar-refractivity contribution in [3.8, 4) is 0 Å². The van der Waals surface area contributed by atoms with Gasteiger partial charge in [-0.05, 0) is 43.6 Å². The van der Waals surface area contributed by atoms with Gasteiger partial charge in [0.1, 0.15) is 0 Å². The van der Waals surface area contributed by atoms with Crippen LogP contribution in [0.4, 0.5) is 0 Å². The Morgan fingerprint density at radius 3 is 2.71 bits per heavy atom. The fraction of sp³-hybridized carbons (Fsp3) is 0.667. The van der Waals surface area contributed by atoms with E-state index in [-0.39, 0.29) is 0 Å². The van der Waals surface area contributed by atoms with Gasteiger partial charge in [0.2, 0.25) is 0 Å². The van der Waals surface area contributed by atoms with Gasteiger partial charge in [-0.2, -0.15) is 0 Å². The van der Waals surface area contributed by atoms with Crippen molar-refractivity contribution in [3.63, 3.8) is 0 Å². The highest BCUT2D eigenvalue weighted by Gasteiger charge is 2.21. The molecular formula is C12H20OS. The standard InChI is InChI=1S/C12H20OS/c1-10(2)9-12(3,13)7-6-11-5-4-8-14-11/h4-5,8,10,13H,6-7,9H2,1-3H3. The van der Waals surface area contributed by atoms with Gasteiger partial charge in [0.05, 0.1) is 5.60 Å². The molecule has 1 aromatic heterocycles. The number of hydrogen-bond donors (Lipinski definition) is 1. The lowest BCUT2D eigenvalue weighted by atomic mass is 9.90. The zero-order chi connectivity index (χ0) is 10.6. The summed E-state index contributed by atoms with van der Waals surface area (Å²) in [6, 6.07) is 4.20. The number of hydrogen-bond acceptors (Lipinski definition) is 2. The number of thiophene rings is 1. The van der Waals surface area contributed by atoms with Crippen molar-refractivity contribution in [1.29, 1.82) is 0 Å². The molecule has 80 valence electrons. The highest BCUT2D eigenvalue weighted by molar-refractivity contribution is 7.09.